The third-order valence-electron chi connectivity index (χ3n) is 8.24. The molecule has 16 nitrogen and oxygen atoms in total. The van der Waals surface area contributed by atoms with Gasteiger partial charge in [0.15, 0.2) is 18.2 Å². The molecule has 0 aliphatic heterocycles. The van der Waals surface area contributed by atoms with Crippen LogP contribution >= 0.6 is 0 Å². The van der Waals surface area contributed by atoms with Gasteiger partial charge in [0.2, 0.25) is 11.8 Å². The lowest BCUT2D eigenvalue weighted by molar-refractivity contribution is -0.149. The summed E-state index contributed by atoms with van der Waals surface area (Å²) in [4.78, 5) is 96.4. The van der Waals surface area contributed by atoms with Crippen molar-refractivity contribution in [2.45, 2.75) is 72.9 Å². The Kier molecular flexibility index (Phi) is 25.9. The van der Waals surface area contributed by atoms with E-state index in [4.69, 9.17) is 9.47 Å². The molecule has 56 heavy (non-hydrogen) atoms. The molecule has 0 aliphatic carbocycles. The molecular formula is C40H58N4O12. The van der Waals surface area contributed by atoms with Crippen molar-refractivity contribution in [1.29, 1.82) is 0 Å². The molecular weight excluding hydrogens is 728 g/mol. The first-order chi connectivity index (χ1) is 26.8. The fraction of sp³-hybridized carbons (Fsp3) is 0.500. The Hall–Kier alpha value is -5.64. The molecule has 0 spiro atoms. The molecule has 0 fully saturated rings. The van der Waals surface area contributed by atoms with Crippen molar-refractivity contribution >= 4 is 47.8 Å². The van der Waals surface area contributed by atoms with Gasteiger partial charge in [-0.05, 0) is 37.3 Å². The lowest BCUT2D eigenvalue weighted by atomic mass is 10.0. The number of carbonyl (C=O) groups is 8. The minimum Gasteiger partial charge on any atom is -0.456 e. The number of esters is 1. The zero-order chi connectivity index (χ0) is 42.6. The van der Waals surface area contributed by atoms with Gasteiger partial charge in [0.05, 0.1) is 20.8 Å². The molecule has 0 aromatic heterocycles. The summed E-state index contributed by atoms with van der Waals surface area (Å²) in [5, 5.41) is 4.59. The second-order valence-corrected chi connectivity index (χ2v) is 11.7. The van der Waals surface area contributed by atoms with Crippen LogP contribution in [0.1, 0.15) is 81.5 Å². The lowest BCUT2D eigenvalue weighted by Gasteiger charge is -2.28. The standard InChI is InChI=1S/C27H32N2O8.C11H20N2O4.C2H6/c1-5-18(2)29(25(32)14-28-27(34)36-4)15-26(33)37-17-24(31)22-12-8-20(9-13-22)19-6-10-21(11-7-19)23(30)16-35-3;1-4-9(5-2)13(6-7-14)10(15)8-12-11(16)17-3;1-2/h6-13,18H,5,14-17H2,1-4H3,(H,28,34);7,9H,4-6,8H2,1-3H3,(H,12,16);1-2H3/t18-;;/m1../s1. The first kappa shape index (κ1) is 50.4. The van der Waals surface area contributed by atoms with Gasteiger partial charge in [0, 0.05) is 30.3 Å². The normalized spacial score (nSPS) is 10.5. The zero-order valence-electron chi connectivity index (χ0n) is 34.0. The maximum absolute atomic E-state index is 12.5. The molecule has 0 bridgehead atoms. The average molecular weight is 787 g/mol. The highest BCUT2D eigenvalue weighted by molar-refractivity contribution is 5.99. The molecule has 16 heteroatoms. The second-order valence-electron chi connectivity index (χ2n) is 11.7. The molecule has 0 heterocycles. The Labute approximate surface area is 329 Å². The Morgan fingerprint density at radius 3 is 1.46 bits per heavy atom. The van der Waals surface area contributed by atoms with Crippen molar-refractivity contribution in [2.24, 2.45) is 0 Å². The van der Waals surface area contributed by atoms with E-state index < -0.39 is 36.5 Å². The van der Waals surface area contributed by atoms with Crippen LogP contribution in [0.5, 0.6) is 0 Å². The van der Waals surface area contributed by atoms with E-state index in [0.29, 0.717) is 23.8 Å². The number of alkyl carbamates (subject to hydrolysis) is 2. The molecule has 0 aliphatic rings. The van der Waals surface area contributed by atoms with Crippen LogP contribution in [-0.4, -0.2) is 130 Å². The molecule has 2 aromatic rings. The monoisotopic (exact) mass is 786 g/mol. The van der Waals surface area contributed by atoms with Crippen LogP contribution in [0.15, 0.2) is 48.5 Å². The van der Waals surface area contributed by atoms with Gasteiger partial charge in [-0.2, -0.15) is 0 Å². The summed E-state index contributed by atoms with van der Waals surface area (Å²) in [7, 11) is 3.87. The molecule has 0 saturated carbocycles. The summed E-state index contributed by atoms with van der Waals surface area (Å²) in [5.74, 6) is -2.00. The number of Topliss-reactive ketones (excluding diaryl/α,β-unsaturated/α-hetero) is 2. The van der Waals surface area contributed by atoms with Gasteiger partial charge >= 0.3 is 18.2 Å². The van der Waals surface area contributed by atoms with Crippen molar-refractivity contribution < 1.29 is 57.3 Å². The zero-order valence-corrected chi connectivity index (χ0v) is 34.0. The Balaban J connectivity index is 0.00000134. The number of ether oxygens (including phenoxy) is 4. The number of hydrogen-bond acceptors (Lipinski definition) is 12. The van der Waals surface area contributed by atoms with Crippen LogP contribution in [0.4, 0.5) is 9.59 Å². The van der Waals surface area contributed by atoms with Crippen LogP contribution in [-0.2, 0) is 38.1 Å². The largest absolute Gasteiger partial charge is 0.456 e. The minimum absolute atomic E-state index is 0.0132. The Bertz CT molecular complexity index is 1540. The second kappa shape index (κ2) is 28.8. The summed E-state index contributed by atoms with van der Waals surface area (Å²) < 4.78 is 18.8. The third-order valence-corrected chi connectivity index (χ3v) is 8.24. The highest BCUT2D eigenvalue weighted by Crippen LogP contribution is 2.21. The van der Waals surface area contributed by atoms with Crippen LogP contribution in [0, 0.1) is 0 Å². The highest BCUT2D eigenvalue weighted by Gasteiger charge is 2.24. The van der Waals surface area contributed by atoms with E-state index in [1.165, 1.54) is 31.1 Å². The van der Waals surface area contributed by atoms with E-state index in [9.17, 15) is 38.4 Å². The number of nitrogens with one attached hydrogen (secondary N) is 2. The molecule has 310 valence electrons. The third kappa shape index (κ3) is 18.1. The number of methoxy groups -OCH3 is 3. The minimum atomic E-state index is -0.758. The number of ketones is 2. The number of benzene rings is 2. The Morgan fingerprint density at radius 2 is 1.09 bits per heavy atom. The van der Waals surface area contributed by atoms with E-state index in [0.717, 1.165) is 24.0 Å². The van der Waals surface area contributed by atoms with Crippen molar-refractivity contribution in [2.75, 3.05) is 60.7 Å². The summed E-state index contributed by atoms with van der Waals surface area (Å²) >= 11 is 0. The van der Waals surface area contributed by atoms with Crippen LogP contribution in [0.25, 0.3) is 11.1 Å². The topological polar surface area (TPSA) is 204 Å². The number of amides is 4. The fourth-order valence-electron chi connectivity index (χ4n) is 4.94. The first-order valence-corrected chi connectivity index (χ1v) is 18.4. The van der Waals surface area contributed by atoms with Crippen LogP contribution in [0.2, 0.25) is 0 Å². The Morgan fingerprint density at radius 1 is 0.661 bits per heavy atom. The number of carbonyl (C=O) groups excluding carboxylic acids is 8. The molecule has 0 unspecified atom stereocenters. The molecule has 2 N–H and O–H groups in total. The molecule has 4 amide bonds. The molecule has 0 saturated heterocycles. The number of hydrogen-bond donors (Lipinski definition) is 2. The van der Waals surface area contributed by atoms with Gasteiger partial charge in [-0.3, -0.25) is 24.0 Å². The average Bonchev–Trinajstić information content (AvgIpc) is 3.23. The summed E-state index contributed by atoms with van der Waals surface area (Å²) in [6, 6.07) is 13.6. The van der Waals surface area contributed by atoms with Crippen LogP contribution in [0.3, 0.4) is 0 Å². The van der Waals surface area contributed by atoms with E-state index >= 15 is 0 Å². The predicted octanol–water partition coefficient (Wildman–Crippen LogP) is 4.48. The molecule has 2 rings (SSSR count). The maximum atomic E-state index is 12.5. The summed E-state index contributed by atoms with van der Waals surface area (Å²) in [6.07, 6.45) is 1.39. The van der Waals surface area contributed by atoms with Crippen molar-refractivity contribution in [3.05, 3.63) is 59.7 Å². The fourth-order valence-corrected chi connectivity index (χ4v) is 4.94. The highest BCUT2D eigenvalue weighted by atomic mass is 16.5. The predicted molar refractivity (Wildman–Crippen MR) is 209 cm³/mol. The first-order valence-electron chi connectivity index (χ1n) is 18.4. The number of rotatable bonds is 20. The van der Waals surface area contributed by atoms with Gasteiger partial charge in [-0.1, -0.05) is 83.1 Å². The molecule has 1 atom stereocenters. The van der Waals surface area contributed by atoms with Crippen molar-refractivity contribution in [3.8, 4) is 11.1 Å². The lowest BCUT2D eigenvalue weighted by Crippen LogP contribution is -2.47. The maximum Gasteiger partial charge on any atom is 0.407 e. The molecule has 0 radical (unpaired) electrons. The van der Waals surface area contributed by atoms with Crippen LogP contribution < -0.4 is 10.6 Å². The number of aldehydes is 1. The van der Waals surface area contributed by atoms with Gasteiger partial charge in [0.25, 0.3) is 0 Å². The van der Waals surface area contributed by atoms with Gasteiger partial charge < -0.3 is 44.2 Å². The van der Waals surface area contributed by atoms with Gasteiger partial charge in [-0.25, -0.2) is 9.59 Å². The smallest absolute Gasteiger partial charge is 0.407 e. The summed E-state index contributed by atoms with van der Waals surface area (Å²) in [5.41, 5.74) is 2.63. The van der Waals surface area contributed by atoms with Crippen molar-refractivity contribution in [1.82, 2.24) is 20.4 Å². The van der Waals surface area contributed by atoms with E-state index in [-0.39, 0.29) is 56.6 Å². The van der Waals surface area contributed by atoms with E-state index in [2.05, 4.69) is 20.1 Å². The van der Waals surface area contributed by atoms with Gasteiger partial charge in [0.1, 0.15) is 32.5 Å². The SMILES string of the molecule is CC.CCC(CC)N(CC=O)C(=O)CNC(=O)OC.CC[C@@H](C)N(CC(=O)OCC(=O)c1ccc(-c2ccc(C(=O)COC)cc2)cc1)C(=O)CNC(=O)OC. The van der Waals surface area contributed by atoms with Gasteiger partial charge in [-0.15, -0.1) is 0 Å². The number of nitrogens with zero attached hydrogens (tertiary/aromatic N) is 2. The van der Waals surface area contributed by atoms with Crippen molar-refractivity contribution in [3.63, 3.8) is 0 Å². The summed E-state index contributed by atoms with van der Waals surface area (Å²) in [6.45, 7) is 10.3. The van der Waals surface area contributed by atoms with E-state index in [1.807, 2.05) is 46.8 Å². The molecule has 2 aromatic carbocycles. The quantitative estimate of drug-likeness (QED) is 0.0826. The van der Waals surface area contributed by atoms with E-state index in [1.54, 1.807) is 43.3 Å².